The van der Waals surface area contributed by atoms with E-state index in [1.807, 2.05) is 13.8 Å². The predicted molar refractivity (Wildman–Crippen MR) is 79.0 cm³/mol. The number of pyridine rings is 1. The molecule has 5 nitrogen and oxygen atoms in total. The molecule has 0 saturated heterocycles. The minimum Gasteiger partial charge on any atom is -0.478 e. The third-order valence-corrected chi connectivity index (χ3v) is 3.11. The van der Waals surface area contributed by atoms with E-state index in [0.717, 1.165) is 12.8 Å². The van der Waals surface area contributed by atoms with Crippen LogP contribution in [0.25, 0.3) is 0 Å². The monoisotopic (exact) mass is 280 g/mol. The molecule has 1 unspecified atom stereocenters. The van der Waals surface area contributed by atoms with Gasteiger partial charge in [-0.15, -0.1) is 0 Å². The van der Waals surface area contributed by atoms with Gasteiger partial charge in [0, 0.05) is 13.2 Å². The number of carbonyl (C=O) groups excluding carboxylic acids is 1. The molecule has 0 aromatic carbocycles. The Hall–Kier alpha value is -1.62. The van der Waals surface area contributed by atoms with Crippen LogP contribution in [-0.4, -0.2) is 30.2 Å². The molecule has 0 bridgehead atoms. The second-order valence-corrected chi connectivity index (χ2v) is 4.87. The zero-order chi connectivity index (χ0) is 15.0. The van der Waals surface area contributed by atoms with E-state index < -0.39 is 5.60 Å². The second-order valence-electron chi connectivity index (χ2n) is 4.87. The summed E-state index contributed by atoms with van der Waals surface area (Å²) in [6, 6.07) is 3.52. The van der Waals surface area contributed by atoms with Crippen LogP contribution in [0.4, 0.5) is 5.69 Å². The summed E-state index contributed by atoms with van der Waals surface area (Å²) in [5, 5.41) is 2.82. The Morgan fingerprint density at radius 1 is 1.35 bits per heavy atom. The maximum absolute atomic E-state index is 12.2. The quantitative estimate of drug-likeness (QED) is 0.795. The standard InChI is InChI=1S/C15H24N2O3/c1-5-9-15(3,19-4)14(18)17-12-7-8-13(16-11-12)20-10-6-2/h7-8,11H,5-6,9-10H2,1-4H3,(H,17,18). The zero-order valence-electron chi connectivity index (χ0n) is 12.7. The van der Waals surface area contributed by atoms with Gasteiger partial charge < -0.3 is 14.8 Å². The van der Waals surface area contributed by atoms with E-state index in [1.54, 1.807) is 32.4 Å². The third-order valence-electron chi connectivity index (χ3n) is 3.11. The first-order chi connectivity index (χ1) is 9.55. The van der Waals surface area contributed by atoms with Gasteiger partial charge in [-0.3, -0.25) is 4.79 Å². The molecule has 1 amide bonds. The van der Waals surface area contributed by atoms with Crippen molar-refractivity contribution in [3.05, 3.63) is 18.3 Å². The molecule has 0 radical (unpaired) electrons. The Labute approximate surface area is 120 Å². The first-order valence-corrected chi connectivity index (χ1v) is 7.01. The first-order valence-electron chi connectivity index (χ1n) is 7.01. The van der Waals surface area contributed by atoms with Crippen LogP contribution in [0.1, 0.15) is 40.0 Å². The summed E-state index contributed by atoms with van der Waals surface area (Å²) in [4.78, 5) is 16.4. The summed E-state index contributed by atoms with van der Waals surface area (Å²) >= 11 is 0. The number of carbonyl (C=O) groups is 1. The van der Waals surface area contributed by atoms with Crippen LogP contribution in [0.2, 0.25) is 0 Å². The lowest BCUT2D eigenvalue weighted by Crippen LogP contribution is -2.41. The predicted octanol–water partition coefficient (Wildman–Crippen LogP) is 3.01. The van der Waals surface area contributed by atoms with Gasteiger partial charge >= 0.3 is 0 Å². The van der Waals surface area contributed by atoms with Gasteiger partial charge in [0.15, 0.2) is 0 Å². The number of hydrogen-bond donors (Lipinski definition) is 1. The number of amides is 1. The van der Waals surface area contributed by atoms with Crippen molar-refractivity contribution in [2.75, 3.05) is 19.0 Å². The fourth-order valence-electron chi connectivity index (χ4n) is 1.79. The van der Waals surface area contributed by atoms with Gasteiger partial charge in [-0.2, -0.15) is 0 Å². The van der Waals surface area contributed by atoms with Crippen molar-refractivity contribution in [2.24, 2.45) is 0 Å². The molecule has 0 fully saturated rings. The van der Waals surface area contributed by atoms with Crippen molar-refractivity contribution >= 4 is 11.6 Å². The molecular weight excluding hydrogens is 256 g/mol. The Bertz CT molecular complexity index is 420. The van der Waals surface area contributed by atoms with Crippen LogP contribution in [0.5, 0.6) is 5.88 Å². The molecule has 0 aliphatic rings. The van der Waals surface area contributed by atoms with E-state index in [4.69, 9.17) is 9.47 Å². The summed E-state index contributed by atoms with van der Waals surface area (Å²) in [5.41, 5.74) is -0.176. The number of anilines is 1. The number of ether oxygens (including phenoxy) is 2. The first kappa shape index (κ1) is 16.4. The van der Waals surface area contributed by atoms with Gasteiger partial charge in [0.2, 0.25) is 5.88 Å². The summed E-state index contributed by atoms with van der Waals surface area (Å²) in [6.07, 6.45) is 4.06. The third kappa shape index (κ3) is 4.49. The summed E-state index contributed by atoms with van der Waals surface area (Å²) in [6.45, 7) is 6.48. The average molecular weight is 280 g/mol. The summed E-state index contributed by atoms with van der Waals surface area (Å²) in [5.74, 6) is 0.402. The Kier molecular flexibility index (Phi) is 6.45. The number of rotatable bonds is 8. The number of aromatic nitrogens is 1. The normalized spacial score (nSPS) is 13.6. The smallest absolute Gasteiger partial charge is 0.256 e. The molecule has 1 aromatic heterocycles. The van der Waals surface area contributed by atoms with E-state index in [1.165, 1.54) is 0 Å². The van der Waals surface area contributed by atoms with Gasteiger partial charge in [0.25, 0.3) is 5.91 Å². The molecule has 5 heteroatoms. The highest BCUT2D eigenvalue weighted by molar-refractivity contribution is 5.96. The van der Waals surface area contributed by atoms with Gasteiger partial charge in [-0.1, -0.05) is 20.3 Å². The van der Waals surface area contributed by atoms with Gasteiger partial charge in [0.1, 0.15) is 5.60 Å². The molecular formula is C15H24N2O3. The van der Waals surface area contributed by atoms with E-state index >= 15 is 0 Å². The minimum absolute atomic E-state index is 0.161. The fourth-order valence-corrected chi connectivity index (χ4v) is 1.79. The Morgan fingerprint density at radius 2 is 2.10 bits per heavy atom. The lowest BCUT2D eigenvalue weighted by atomic mass is 9.99. The van der Waals surface area contributed by atoms with Crippen molar-refractivity contribution in [2.45, 2.75) is 45.6 Å². The molecule has 1 heterocycles. The van der Waals surface area contributed by atoms with Gasteiger partial charge in [0.05, 0.1) is 18.5 Å². The molecule has 0 aliphatic heterocycles. The highest BCUT2D eigenvalue weighted by Gasteiger charge is 2.32. The SMILES string of the molecule is CCCOc1ccc(NC(=O)C(C)(CCC)OC)cn1. The van der Waals surface area contributed by atoms with Crippen LogP contribution >= 0.6 is 0 Å². The maximum atomic E-state index is 12.2. The second kappa shape index (κ2) is 7.85. The average Bonchev–Trinajstić information content (AvgIpc) is 2.46. The Balaban J connectivity index is 2.65. The summed E-state index contributed by atoms with van der Waals surface area (Å²) in [7, 11) is 1.55. The van der Waals surface area contributed by atoms with Crippen molar-refractivity contribution in [3.8, 4) is 5.88 Å². The van der Waals surface area contributed by atoms with Crippen LogP contribution in [0, 0.1) is 0 Å². The number of nitrogens with one attached hydrogen (secondary N) is 1. The lowest BCUT2D eigenvalue weighted by Gasteiger charge is -2.26. The molecule has 1 aromatic rings. The van der Waals surface area contributed by atoms with Crippen molar-refractivity contribution < 1.29 is 14.3 Å². The molecule has 1 rings (SSSR count). The molecule has 1 atom stereocenters. The van der Waals surface area contributed by atoms with Crippen molar-refractivity contribution in [1.82, 2.24) is 4.98 Å². The highest BCUT2D eigenvalue weighted by atomic mass is 16.5. The minimum atomic E-state index is -0.813. The molecule has 0 saturated carbocycles. The fraction of sp³-hybridized carbons (Fsp3) is 0.600. The largest absolute Gasteiger partial charge is 0.478 e. The topological polar surface area (TPSA) is 60.5 Å². The molecule has 112 valence electrons. The molecule has 0 aliphatic carbocycles. The maximum Gasteiger partial charge on any atom is 0.256 e. The summed E-state index contributed by atoms with van der Waals surface area (Å²) < 4.78 is 10.7. The van der Waals surface area contributed by atoms with E-state index in [-0.39, 0.29) is 5.91 Å². The van der Waals surface area contributed by atoms with E-state index in [9.17, 15) is 4.79 Å². The number of hydrogen-bond acceptors (Lipinski definition) is 4. The Morgan fingerprint density at radius 3 is 2.60 bits per heavy atom. The molecule has 0 spiro atoms. The van der Waals surface area contributed by atoms with Crippen LogP contribution in [0.3, 0.4) is 0 Å². The molecule has 20 heavy (non-hydrogen) atoms. The van der Waals surface area contributed by atoms with Crippen LogP contribution in [0.15, 0.2) is 18.3 Å². The van der Waals surface area contributed by atoms with Gasteiger partial charge in [-0.25, -0.2) is 4.98 Å². The number of methoxy groups -OCH3 is 1. The van der Waals surface area contributed by atoms with Crippen molar-refractivity contribution in [3.63, 3.8) is 0 Å². The highest BCUT2D eigenvalue weighted by Crippen LogP contribution is 2.20. The van der Waals surface area contributed by atoms with Crippen LogP contribution in [-0.2, 0) is 9.53 Å². The van der Waals surface area contributed by atoms with Crippen molar-refractivity contribution in [1.29, 1.82) is 0 Å². The van der Waals surface area contributed by atoms with Crippen LogP contribution < -0.4 is 10.1 Å². The number of nitrogens with zero attached hydrogens (tertiary/aromatic N) is 1. The zero-order valence-corrected chi connectivity index (χ0v) is 12.7. The van der Waals surface area contributed by atoms with E-state index in [0.29, 0.717) is 24.6 Å². The lowest BCUT2D eigenvalue weighted by molar-refractivity contribution is -0.136. The molecule has 1 N–H and O–H groups in total. The van der Waals surface area contributed by atoms with Gasteiger partial charge in [-0.05, 0) is 25.8 Å². The van der Waals surface area contributed by atoms with E-state index in [2.05, 4.69) is 10.3 Å².